The molecule has 0 amide bonds. The van der Waals surface area contributed by atoms with Gasteiger partial charge in [0.1, 0.15) is 30.5 Å². The van der Waals surface area contributed by atoms with E-state index >= 15 is 0 Å². The molecule has 216 valence electrons. The lowest BCUT2D eigenvalue weighted by atomic mass is 9.74. The second-order valence-corrected chi connectivity index (χ2v) is 11.0. The quantitative estimate of drug-likeness (QED) is 0.384. The van der Waals surface area contributed by atoms with E-state index in [0.717, 1.165) is 9.87 Å². The van der Waals surface area contributed by atoms with Gasteiger partial charge in [0.25, 0.3) is 10.2 Å². The highest BCUT2D eigenvalue weighted by molar-refractivity contribution is 7.90. The molecule has 1 heterocycles. The van der Waals surface area contributed by atoms with E-state index in [2.05, 4.69) is 10.3 Å². The number of esters is 1. The Bertz CT molecular complexity index is 1490. The smallest absolute Gasteiger partial charge is 0.326 e. The van der Waals surface area contributed by atoms with Crippen molar-refractivity contribution in [1.82, 2.24) is 5.32 Å². The monoisotopic (exact) mass is 580 g/mol. The largest absolute Gasteiger partial charge is 0.487 e. The van der Waals surface area contributed by atoms with E-state index in [0.29, 0.717) is 11.3 Å². The molecule has 1 aliphatic heterocycles. The summed E-state index contributed by atoms with van der Waals surface area (Å²) < 4.78 is 37.1. The number of hydrogen-bond donors (Lipinski definition) is 2. The number of ketones is 2. The Morgan fingerprint density at radius 1 is 1.17 bits per heavy atom. The summed E-state index contributed by atoms with van der Waals surface area (Å²) in [7, 11) is -4.43. The number of Topliss-reactive ketones (excluding diaryl/α,β-unsaturated/α-hetero) is 2. The van der Waals surface area contributed by atoms with Gasteiger partial charge in [0.15, 0.2) is 0 Å². The molecule has 0 saturated heterocycles. The summed E-state index contributed by atoms with van der Waals surface area (Å²) in [5.41, 5.74) is 2.00. The number of nitrogens with zero attached hydrogens (tertiary/aromatic N) is 2. The van der Waals surface area contributed by atoms with Crippen molar-refractivity contribution in [1.29, 1.82) is 0 Å². The number of ether oxygens (including phenoxy) is 2. The standard InChI is InChI=1S/C29H32N4O7S/c1-2-39-28(36)18-33(41(30,37)38)25-11-9-21(15-27(25)40-19-20-7-4-3-5-8-20)29(24-17-31-13-6-14-32-24)23-16-22(34)10-12-26(23)35/h3-9,11,13-15,17,23,29,32H,2,10,12,16,18-19H2,1H3,(H2,30,37,38). The molecule has 3 N–H and O–H groups in total. The van der Waals surface area contributed by atoms with Crippen LogP contribution in [0.3, 0.4) is 0 Å². The van der Waals surface area contributed by atoms with Gasteiger partial charge >= 0.3 is 5.97 Å². The Morgan fingerprint density at radius 2 is 1.95 bits per heavy atom. The van der Waals surface area contributed by atoms with Crippen molar-refractivity contribution >= 4 is 39.6 Å². The molecule has 1 aliphatic carbocycles. The molecule has 0 bridgehead atoms. The molecule has 41 heavy (non-hydrogen) atoms. The van der Waals surface area contributed by atoms with Crippen LogP contribution < -0.4 is 19.5 Å². The van der Waals surface area contributed by atoms with Crippen molar-refractivity contribution in [2.45, 2.75) is 38.7 Å². The fourth-order valence-electron chi connectivity index (χ4n) is 4.83. The Kier molecular flexibility index (Phi) is 9.69. The molecule has 2 aromatic carbocycles. The van der Waals surface area contributed by atoms with Crippen LogP contribution in [-0.2, 0) is 35.9 Å². The van der Waals surface area contributed by atoms with Crippen LogP contribution in [-0.4, -0.2) is 45.3 Å². The molecule has 1 fully saturated rings. The van der Waals surface area contributed by atoms with Gasteiger partial charge in [-0.2, -0.15) is 8.42 Å². The maximum absolute atomic E-state index is 13.1. The first-order valence-electron chi connectivity index (χ1n) is 13.1. The highest BCUT2D eigenvalue weighted by Gasteiger charge is 2.37. The number of rotatable bonds is 11. The molecular weight excluding hydrogens is 548 g/mol. The first-order valence-corrected chi connectivity index (χ1v) is 14.6. The van der Waals surface area contributed by atoms with Crippen LogP contribution in [0.1, 0.15) is 43.2 Å². The minimum Gasteiger partial charge on any atom is -0.487 e. The molecule has 2 atom stereocenters. The maximum Gasteiger partial charge on any atom is 0.326 e. The molecule has 0 spiro atoms. The number of benzene rings is 2. The number of aliphatic imine (C=N–C) groups is 1. The van der Waals surface area contributed by atoms with Crippen molar-refractivity contribution in [3.8, 4) is 5.75 Å². The lowest BCUT2D eigenvalue weighted by Gasteiger charge is -2.31. The van der Waals surface area contributed by atoms with Crippen molar-refractivity contribution in [3.63, 3.8) is 0 Å². The first kappa shape index (κ1) is 29.7. The van der Waals surface area contributed by atoms with Crippen LogP contribution in [0.5, 0.6) is 5.75 Å². The molecular formula is C29H32N4O7S. The first-order chi connectivity index (χ1) is 19.7. The molecule has 0 aromatic heterocycles. The van der Waals surface area contributed by atoms with E-state index in [1.165, 1.54) is 6.07 Å². The van der Waals surface area contributed by atoms with Crippen LogP contribution in [0.2, 0.25) is 0 Å². The number of nitrogens with one attached hydrogen (secondary N) is 1. The third-order valence-corrected chi connectivity index (χ3v) is 7.66. The second kappa shape index (κ2) is 13.4. The van der Waals surface area contributed by atoms with Gasteiger partial charge in [0.2, 0.25) is 0 Å². The Morgan fingerprint density at radius 3 is 2.68 bits per heavy atom. The number of carbonyl (C=O) groups is 3. The van der Waals surface area contributed by atoms with E-state index in [1.54, 1.807) is 43.7 Å². The normalized spacial score (nSPS) is 17.7. The van der Waals surface area contributed by atoms with E-state index < -0.39 is 34.6 Å². The van der Waals surface area contributed by atoms with E-state index in [-0.39, 0.29) is 55.5 Å². The van der Waals surface area contributed by atoms with Gasteiger partial charge in [0.05, 0.1) is 12.3 Å². The predicted molar refractivity (Wildman–Crippen MR) is 153 cm³/mol. The van der Waals surface area contributed by atoms with E-state index in [1.807, 2.05) is 30.3 Å². The lowest BCUT2D eigenvalue weighted by Crippen LogP contribution is -2.41. The SMILES string of the molecule is CCOC(=O)CN(c1ccc(C(C2=CN=CC=CN2)C2CC(=O)CCC2=O)cc1OCc1ccccc1)S(N)(=O)=O. The van der Waals surface area contributed by atoms with E-state index in [4.69, 9.17) is 14.6 Å². The molecule has 2 aliphatic rings. The number of hydrogen-bond acceptors (Lipinski definition) is 9. The maximum atomic E-state index is 13.1. The Labute approximate surface area is 238 Å². The zero-order chi connectivity index (χ0) is 29.4. The summed E-state index contributed by atoms with van der Waals surface area (Å²) in [6.07, 6.45) is 6.95. The van der Waals surface area contributed by atoms with Gasteiger partial charge in [-0.05, 0) is 36.3 Å². The highest BCUT2D eigenvalue weighted by Crippen LogP contribution is 2.41. The van der Waals surface area contributed by atoms with Gasteiger partial charge in [-0.3, -0.25) is 19.4 Å². The molecule has 4 rings (SSSR count). The topological polar surface area (TPSA) is 157 Å². The Balaban J connectivity index is 1.83. The average molecular weight is 581 g/mol. The van der Waals surface area contributed by atoms with Crippen LogP contribution in [0.15, 0.2) is 77.7 Å². The molecule has 12 heteroatoms. The third kappa shape index (κ3) is 7.68. The number of nitrogens with two attached hydrogens (primary N) is 1. The van der Waals surface area contributed by atoms with Crippen LogP contribution >= 0.6 is 0 Å². The number of carbonyl (C=O) groups excluding carboxylic acids is 3. The van der Waals surface area contributed by atoms with E-state index in [9.17, 15) is 22.8 Å². The van der Waals surface area contributed by atoms with Gasteiger partial charge in [-0.1, -0.05) is 36.4 Å². The Hall–Kier alpha value is -4.29. The zero-order valence-corrected chi connectivity index (χ0v) is 23.4. The van der Waals surface area contributed by atoms with Crippen molar-refractivity contribution in [2.75, 3.05) is 17.5 Å². The molecule has 11 nitrogen and oxygen atoms in total. The van der Waals surface area contributed by atoms with Crippen molar-refractivity contribution < 1.29 is 32.3 Å². The fraction of sp³-hybridized carbons (Fsp3) is 0.310. The summed E-state index contributed by atoms with van der Waals surface area (Å²) in [6, 6.07) is 13.9. The van der Waals surface area contributed by atoms with Gasteiger partial charge < -0.3 is 14.8 Å². The highest BCUT2D eigenvalue weighted by atomic mass is 32.2. The molecule has 2 aromatic rings. The van der Waals surface area contributed by atoms with Crippen LogP contribution in [0, 0.1) is 5.92 Å². The number of anilines is 1. The van der Waals surface area contributed by atoms with Gasteiger partial charge in [-0.15, -0.1) is 0 Å². The molecule has 1 saturated carbocycles. The summed E-state index contributed by atoms with van der Waals surface area (Å²) >= 11 is 0. The van der Waals surface area contributed by atoms with Crippen molar-refractivity contribution in [2.24, 2.45) is 16.0 Å². The summed E-state index contributed by atoms with van der Waals surface area (Å²) in [5, 5.41) is 8.68. The lowest BCUT2D eigenvalue weighted by molar-refractivity contribution is -0.141. The summed E-state index contributed by atoms with van der Waals surface area (Å²) in [4.78, 5) is 42.1. The van der Waals surface area contributed by atoms with Gasteiger partial charge in [-0.25, -0.2) is 9.44 Å². The van der Waals surface area contributed by atoms with Crippen molar-refractivity contribution in [3.05, 3.63) is 83.8 Å². The summed E-state index contributed by atoms with van der Waals surface area (Å²) in [5.74, 6) is -2.04. The minimum atomic E-state index is -4.43. The minimum absolute atomic E-state index is 0.0140. The molecule has 0 radical (unpaired) electrons. The molecule has 2 unspecified atom stereocenters. The third-order valence-electron chi connectivity index (χ3n) is 6.71. The fourth-order valence-corrected chi connectivity index (χ4v) is 5.54. The van der Waals surface area contributed by atoms with Gasteiger partial charge in [0, 0.05) is 55.4 Å². The second-order valence-electron chi connectivity index (χ2n) is 9.54. The predicted octanol–water partition coefficient (Wildman–Crippen LogP) is 2.89. The van der Waals surface area contributed by atoms with Crippen LogP contribution in [0.4, 0.5) is 5.69 Å². The van der Waals surface area contributed by atoms with Crippen LogP contribution in [0.25, 0.3) is 0 Å². The average Bonchev–Trinajstić information content (AvgIpc) is 3.22. The number of allylic oxidation sites excluding steroid dienone is 2. The summed E-state index contributed by atoms with van der Waals surface area (Å²) in [6.45, 7) is 1.07. The zero-order valence-electron chi connectivity index (χ0n) is 22.6.